The molecule has 1 heterocycles. The van der Waals surface area contributed by atoms with E-state index in [2.05, 4.69) is 0 Å². The first-order valence-electron chi connectivity index (χ1n) is 8.56. The van der Waals surface area contributed by atoms with E-state index in [1.807, 2.05) is 30.3 Å². The molecule has 2 aromatic rings. The number of ether oxygens (including phenoxy) is 1. The largest absolute Gasteiger partial charge is 0.379 e. The minimum Gasteiger partial charge on any atom is -0.379 e. The van der Waals surface area contributed by atoms with Crippen molar-refractivity contribution in [2.75, 3.05) is 33.4 Å². The molecule has 144 valence electrons. The van der Waals surface area contributed by atoms with Gasteiger partial charge in [-0.2, -0.15) is 4.31 Å². The molecule has 2 aromatic carbocycles. The minimum atomic E-state index is -3.78. The van der Waals surface area contributed by atoms with E-state index in [0.717, 1.165) is 5.56 Å². The molecule has 3 rings (SSSR count). The molecule has 0 saturated carbocycles. The maximum atomic E-state index is 12.9. The van der Waals surface area contributed by atoms with Crippen molar-refractivity contribution >= 4 is 27.5 Å². The number of nitrogens with zero attached hydrogens (tertiary/aromatic N) is 2. The molecule has 0 radical (unpaired) electrons. The van der Waals surface area contributed by atoms with Crippen LogP contribution in [0.15, 0.2) is 53.4 Å². The SMILES string of the molecule is CN(Cc1ccccc1)C(=O)c1ccc(Cl)c(S(=O)(=O)N2CCOCC2)c1. The summed E-state index contributed by atoms with van der Waals surface area (Å²) in [5.74, 6) is -0.269. The Kier molecular flexibility index (Phi) is 6.16. The average molecular weight is 409 g/mol. The minimum absolute atomic E-state index is 0.0509. The molecule has 0 N–H and O–H groups in total. The van der Waals surface area contributed by atoms with Gasteiger partial charge in [0.05, 0.1) is 18.2 Å². The number of halogens is 1. The van der Waals surface area contributed by atoms with Gasteiger partial charge in [-0.05, 0) is 23.8 Å². The van der Waals surface area contributed by atoms with E-state index in [9.17, 15) is 13.2 Å². The molecule has 0 aliphatic carbocycles. The van der Waals surface area contributed by atoms with Gasteiger partial charge in [-0.15, -0.1) is 0 Å². The van der Waals surface area contributed by atoms with Crippen molar-refractivity contribution in [3.05, 3.63) is 64.7 Å². The quantitative estimate of drug-likeness (QED) is 0.762. The highest BCUT2D eigenvalue weighted by atomic mass is 35.5. The first-order valence-corrected chi connectivity index (χ1v) is 10.4. The normalized spacial score (nSPS) is 15.5. The number of rotatable bonds is 5. The number of carbonyl (C=O) groups excluding carboxylic acids is 1. The first kappa shape index (κ1) is 19.8. The van der Waals surface area contributed by atoms with Crippen LogP contribution in [-0.2, 0) is 21.3 Å². The lowest BCUT2D eigenvalue weighted by molar-refractivity contribution is 0.0730. The molecule has 1 amide bonds. The molecular formula is C19H21ClN2O4S. The van der Waals surface area contributed by atoms with Crippen molar-refractivity contribution < 1.29 is 17.9 Å². The average Bonchev–Trinajstić information content (AvgIpc) is 2.69. The van der Waals surface area contributed by atoms with E-state index in [-0.39, 0.29) is 34.5 Å². The van der Waals surface area contributed by atoms with Gasteiger partial charge in [-0.1, -0.05) is 41.9 Å². The molecule has 0 atom stereocenters. The second kappa shape index (κ2) is 8.39. The van der Waals surface area contributed by atoms with Crippen LogP contribution in [0, 0.1) is 0 Å². The molecule has 1 aliphatic heterocycles. The second-order valence-electron chi connectivity index (χ2n) is 6.31. The van der Waals surface area contributed by atoms with E-state index in [1.165, 1.54) is 16.4 Å². The second-order valence-corrected chi connectivity index (χ2v) is 8.62. The number of benzene rings is 2. The van der Waals surface area contributed by atoms with Crippen LogP contribution in [-0.4, -0.2) is 56.9 Å². The Morgan fingerprint density at radius 1 is 1.15 bits per heavy atom. The van der Waals surface area contributed by atoms with Crippen molar-refractivity contribution in [1.29, 1.82) is 0 Å². The Morgan fingerprint density at radius 2 is 1.81 bits per heavy atom. The lowest BCUT2D eigenvalue weighted by atomic mass is 10.1. The third-order valence-corrected chi connectivity index (χ3v) is 6.76. The highest BCUT2D eigenvalue weighted by molar-refractivity contribution is 7.89. The summed E-state index contributed by atoms with van der Waals surface area (Å²) in [6, 6.07) is 13.9. The van der Waals surface area contributed by atoms with Crippen LogP contribution in [0.3, 0.4) is 0 Å². The van der Waals surface area contributed by atoms with Gasteiger partial charge >= 0.3 is 0 Å². The third kappa shape index (κ3) is 4.50. The zero-order chi connectivity index (χ0) is 19.4. The Labute approximate surface area is 164 Å². The van der Waals surface area contributed by atoms with Gasteiger partial charge in [-0.25, -0.2) is 8.42 Å². The number of carbonyl (C=O) groups is 1. The summed E-state index contributed by atoms with van der Waals surface area (Å²) in [5, 5.41) is 0.101. The number of hydrogen-bond acceptors (Lipinski definition) is 4. The Balaban J connectivity index is 1.85. The zero-order valence-electron chi connectivity index (χ0n) is 15.0. The fraction of sp³-hybridized carbons (Fsp3) is 0.316. The van der Waals surface area contributed by atoms with E-state index in [1.54, 1.807) is 18.0 Å². The fourth-order valence-electron chi connectivity index (χ4n) is 2.91. The standard InChI is InChI=1S/C19H21ClN2O4S/c1-21(14-15-5-3-2-4-6-15)19(23)16-7-8-17(20)18(13-16)27(24,25)22-9-11-26-12-10-22/h2-8,13H,9-12,14H2,1H3. The van der Waals surface area contributed by atoms with Crippen molar-refractivity contribution in [2.45, 2.75) is 11.4 Å². The van der Waals surface area contributed by atoms with Gasteiger partial charge in [0.1, 0.15) is 4.90 Å². The van der Waals surface area contributed by atoms with Crippen LogP contribution in [0.1, 0.15) is 15.9 Å². The smallest absolute Gasteiger partial charge is 0.253 e. The highest BCUT2D eigenvalue weighted by Gasteiger charge is 2.29. The van der Waals surface area contributed by atoms with E-state index < -0.39 is 10.0 Å². The van der Waals surface area contributed by atoms with Crippen LogP contribution in [0.5, 0.6) is 0 Å². The van der Waals surface area contributed by atoms with Crippen molar-refractivity contribution in [3.8, 4) is 0 Å². The van der Waals surface area contributed by atoms with Crippen LogP contribution < -0.4 is 0 Å². The predicted molar refractivity (Wildman–Crippen MR) is 103 cm³/mol. The molecule has 1 saturated heterocycles. The Hall–Kier alpha value is -1.93. The van der Waals surface area contributed by atoms with Crippen LogP contribution in [0.2, 0.25) is 5.02 Å². The van der Waals surface area contributed by atoms with Crippen LogP contribution >= 0.6 is 11.6 Å². The summed E-state index contributed by atoms with van der Waals surface area (Å²) >= 11 is 6.15. The number of morpholine rings is 1. The van der Waals surface area contributed by atoms with Gasteiger partial charge in [0.2, 0.25) is 10.0 Å². The van der Waals surface area contributed by atoms with Gasteiger partial charge < -0.3 is 9.64 Å². The van der Waals surface area contributed by atoms with E-state index in [4.69, 9.17) is 16.3 Å². The molecule has 0 bridgehead atoms. The van der Waals surface area contributed by atoms with Gasteiger partial charge in [0.25, 0.3) is 5.91 Å². The topological polar surface area (TPSA) is 66.9 Å². The van der Waals surface area contributed by atoms with Crippen molar-refractivity contribution in [2.24, 2.45) is 0 Å². The first-order chi connectivity index (χ1) is 12.9. The molecule has 0 unspecified atom stereocenters. The van der Waals surface area contributed by atoms with Crippen LogP contribution in [0.25, 0.3) is 0 Å². The van der Waals surface area contributed by atoms with Gasteiger partial charge in [0, 0.05) is 32.2 Å². The molecule has 27 heavy (non-hydrogen) atoms. The predicted octanol–water partition coefficient (Wildman–Crippen LogP) is 2.63. The molecule has 0 spiro atoms. The van der Waals surface area contributed by atoms with Gasteiger partial charge in [-0.3, -0.25) is 4.79 Å². The van der Waals surface area contributed by atoms with Crippen LogP contribution in [0.4, 0.5) is 0 Å². The van der Waals surface area contributed by atoms with E-state index >= 15 is 0 Å². The lowest BCUT2D eigenvalue weighted by Crippen LogP contribution is -2.40. The number of hydrogen-bond donors (Lipinski definition) is 0. The van der Waals surface area contributed by atoms with Crippen molar-refractivity contribution in [1.82, 2.24) is 9.21 Å². The Morgan fingerprint density at radius 3 is 2.48 bits per heavy atom. The molecule has 8 heteroatoms. The molecule has 6 nitrogen and oxygen atoms in total. The van der Waals surface area contributed by atoms with Gasteiger partial charge in [0.15, 0.2) is 0 Å². The molecule has 0 aromatic heterocycles. The summed E-state index contributed by atoms with van der Waals surface area (Å²) < 4.78 is 32.4. The summed E-state index contributed by atoms with van der Waals surface area (Å²) in [6.45, 7) is 1.65. The summed E-state index contributed by atoms with van der Waals surface area (Å²) in [5.41, 5.74) is 1.27. The number of amides is 1. The van der Waals surface area contributed by atoms with E-state index in [0.29, 0.717) is 19.8 Å². The third-order valence-electron chi connectivity index (χ3n) is 4.38. The highest BCUT2D eigenvalue weighted by Crippen LogP contribution is 2.27. The molecule has 1 fully saturated rings. The number of sulfonamides is 1. The monoisotopic (exact) mass is 408 g/mol. The zero-order valence-corrected chi connectivity index (χ0v) is 16.5. The molecule has 1 aliphatic rings. The summed E-state index contributed by atoms with van der Waals surface area (Å²) in [7, 11) is -2.10. The maximum absolute atomic E-state index is 12.9. The fourth-order valence-corrected chi connectivity index (χ4v) is 4.82. The Bertz CT molecular complexity index is 913. The summed E-state index contributed by atoms with van der Waals surface area (Å²) in [4.78, 5) is 14.3. The van der Waals surface area contributed by atoms with Crippen molar-refractivity contribution in [3.63, 3.8) is 0 Å². The lowest BCUT2D eigenvalue weighted by Gasteiger charge is -2.26. The summed E-state index contributed by atoms with van der Waals surface area (Å²) in [6.07, 6.45) is 0. The maximum Gasteiger partial charge on any atom is 0.253 e. The molecular weight excluding hydrogens is 388 g/mol.